The Balaban J connectivity index is 2.63. The zero-order valence-corrected chi connectivity index (χ0v) is 6.84. The lowest BCUT2D eigenvalue weighted by atomic mass is 10.0. The Morgan fingerprint density at radius 3 is 2.69 bits per heavy atom. The van der Waals surface area contributed by atoms with Crippen molar-refractivity contribution in [2.45, 2.75) is 12.2 Å². The largest absolute Gasteiger partial charge is 0.478 e. The van der Waals surface area contributed by atoms with Crippen LogP contribution in [0, 0.1) is 0 Å². The number of carbonyl (C=O) groups is 1. The molecule has 1 rings (SSSR count). The van der Waals surface area contributed by atoms with E-state index in [4.69, 9.17) is 15.3 Å². The lowest BCUT2D eigenvalue weighted by molar-refractivity contribution is -0.131. The van der Waals surface area contributed by atoms with Crippen LogP contribution < -0.4 is 0 Å². The van der Waals surface area contributed by atoms with Crippen LogP contribution in [-0.4, -0.2) is 27.1 Å². The molecule has 13 heavy (non-hydrogen) atoms. The van der Waals surface area contributed by atoms with Gasteiger partial charge in [0.1, 0.15) is 0 Å². The highest BCUT2D eigenvalue weighted by Gasteiger charge is 2.19. The highest BCUT2D eigenvalue weighted by molar-refractivity contribution is 5.80. The summed E-state index contributed by atoms with van der Waals surface area (Å²) in [4.78, 5) is 10.1. The van der Waals surface area contributed by atoms with E-state index in [-0.39, 0.29) is 6.42 Å². The molecule has 0 unspecified atom stereocenters. The summed E-state index contributed by atoms with van der Waals surface area (Å²) >= 11 is 0. The highest BCUT2D eigenvalue weighted by atomic mass is 16.5. The highest BCUT2D eigenvalue weighted by Crippen LogP contribution is 2.18. The van der Waals surface area contributed by atoms with Crippen molar-refractivity contribution in [1.82, 2.24) is 0 Å². The van der Waals surface area contributed by atoms with Crippen LogP contribution in [0.15, 0.2) is 36.0 Å². The lowest BCUT2D eigenvalue weighted by Gasteiger charge is -2.18. The van der Waals surface area contributed by atoms with Gasteiger partial charge in [-0.25, -0.2) is 4.79 Å². The number of hydrogen-bond acceptors (Lipinski definition) is 3. The van der Waals surface area contributed by atoms with Gasteiger partial charge < -0.3 is 15.3 Å². The summed E-state index contributed by atoms with van der Waals surface area (Å²) in [5.41, 5.74) is 0.654. The smallest absolute Gasteiger partial charge is 0.328 e. The molecular weight excluding hydrogens is 172 g/mol. The first-order valence-corrected chi connectivity index (χ1v) is 3.75. The lowest BCUT2D eigenvalue weighted by Crippen LogP contribution is -2.25. The van der Waals surface area contributed by atoms with Gasteiger partial charge in [-0.05, 0) is 17.7 Å². The second-order valence-electron chi connectivity index (χ2n) is 2.79. The minimum atomic E-state index is -1.79. The molecule has 0 atom stereocenters. The van der Waals surface area contributed by atoms with Crippen LogP contribution in [0.3, 0.4) is 0 Å². The first-order valence-electron chi connectivity index (χ1n) is 3.75. The minimum Gasteiger partial charge on any atom is -0.478 e. The van der Waals surface area contributed by atoms with Crippen LogP contribution in [-0.2, 0) is 4.79 Å². The van der Waals surface area contributed by atoms with Crippen molar-refractivity contribution in [3.63, 3.8) is 0 Å². The number of rotatable bonds is 2. The van der Waals surface area contributed by atoms with Crippen LogP contribution in [0.25, 0.3) is 0 Å². The molecular formula is C9H10O4. The van der Waals surface area contributed by atoms with Crippen molar-refractivity contribution < 1.29 is 20.1 Å². The van der Waals surface area contributed by atoms with Crippen LogP contribution in [0.1, 0.15) is 6.42 Å². The molecule has 0 amide bonds. The van der Waals surface area contributed by atoms with E-state index in [2.05, 4.69) is 0 Å². The quantitative estimate of drug-likeness (QED) is 0.421. The second kappa shape index (κ2) is 3.55. The van der Waals surface area contributed by atoms with E-state index in [0.29, 0.717) is 5.57 Å². The fourth-order valence-electron chi connectivity index (χ4n) is 0.925. The number of aliphatic hydroxyl groups is 2. The van der Waals surface area contributed by atoms with Crippen LogP contribution >= 0.6 is 0 Å². The van der Waals surface area contributed by atoms with Crippen LogP contribution in [0.5, 0.6) is 0 Å². The molecule has 0 aromatic rings. The molecule has 1 aliphatic rings. The fourth-order valence-corrected chi connectivity index (χ4v) is 0.925. The van der Waals surface area contributed by atoms with E-state index >= 15 is 0 Å². The average molecular weight is 182 g/mol. The van der Waals surface area contributed by atoms with Gasteiger partial charge in [0.2, 0.25) is 0 Å². The number of carboxylic acid groups (broad SMARTS) is 1. The predicted molar refractivity (Wildman–Crippen MR) is 45.8 cm³/mol. The van der Waals surface area contributed by atoms with Gasteiger partial charge in [0.15, 0.2) is 5.79 Å². The summed E-state index contributed by atoms with van der Waals surface area (Å²) in [6, 6.07) is 0. The van der Waals surface area contributed by atoms with Gasteiger partial charge in [0.25, 0.3) is 0 Å². The minimum absolute atomic E-state index is 0.0722. The van der Waals surface area contributed by atoms with Crippen molar-refractivity contribution in [2.24, 2.45) is 0 Å². The first-order chi connectivity index (χ1) is 5.99. The van der Waals surface area contributed by atoms with Crippen molar-refractivity contribution in [1.29, 1.82) is 0 Å². The van der Waals surface area contributed by atoms with E-state index in [1.807, 2.05) is 0 Å². The van der Waals surface area contributed by atoms with Crippen molar-refractivity contribution in [3.05, 3.63) is 36.0 Å². The molecule has 0 saturated carbocycles. The third kappa shape index (κ3) is 3.23. The molecule has 70 valence electrons. The van der Waals surface area contributed by atoms with Gasteiger partial charge in [0, 0.05) is 12.5 Å². The third-order valence-corrected chi connectivity index (χ3v) is 1.60. The maximum atomic E-state index is 10.1. The fraction of sp³-hybridized carbons (Fsp3) is 0.222. The summed E-state index contributed by atoms with van der Waals surface area (Å²) in [5, 5.41) is 26.4. The van der Waals surface area contributed by atoms with Gasteiger partial charge in [-0.1, -0.05) is 12.2 Å². The number of hydrogen-bond donors (Lipinski definition) is 3. The maximum absolute atomic E-state index is 10.1. The molecule has 0 radical (unpaired) electrons. The van der Waals surface area contributed by atoms with E-state index in [1.165, 1.54) is 18.2 Å². The summed E-state index contributed by atoms with van der Waals surface area (Å²) in [7, 11) is 0. The Morgan fingerprint density at radius 2 is 2.23 bits per heavy atom. The van der Waals surface area contributed by atoms with Crippen LogP contribution in [0.4, 0.5) is 0 Å². The van der Waals surface area contributed by atoms with Gasteiger partial charge in [-0.2, -0.15) is 0 Å². The number of aliphatic carboxylic acids is 1. The molecule has 0 aromatic heterocycles. The molecule has 0 saturated heterocycles. The van der Waals surface area contributed by atoms with Gasteiger partial charge in [0.05, 0.1) is 0 Å². The van der Waals surface area contributed by atoms with E-state index in [9.17, 15) is 4.79 Å². The molecule has 0 bridgehead atoms. The molecule has 0 heterocycles. The Kier molecular flexibility index (Phi) is 2.65. The Labute approximate surface area is 75.1 Å². The predicted octanol–water partition coefficient (Wildman–Crippen LogP) is 0.194. The zero-order chi connectivity index (χ0) is 9.90. The first kappa shape index (κ1) is 9.70. The van der Waals surface area contributed by atoms with Crippen molar-refractivity contribution >= 4 is 5.97 Å². The number of allylic oxidation sites excluding steroid dienone is 3. The zero-order valence-electron chi connectivity index (χ0n) is 6.84. The summed E-state index contributed by atoms with van der Waals surface area (Å²) < 4.78 is 0. The Morgan fingerprint density at radius 1 is 1.54 bits per heavy atom. The Bertz CT molecular complexity index is 297. The molecule has 0 fully saturated rings. The van der Waals surface area contributed by atoms with Crippen molar-refractivity contribution in [2.75, 3.05) is 0 Å². The van der Waals surface area contributed by atoms with Gasteiger partial charge in [-0.15, -0.1) is 0 Å². The molecule has 1 aliphatic carbocycles. The maximum Gasteiger partial charge on any atom is 0.328 e. The molecule has 3 N–H and O–H groups in total. The molecule has 0 spiro atoms. The molecule has 4 heteroatoms. The summed E-state index contributed by atoms with van der Waals surface area (Å²) in [5.74, 6) is -2.82. The van der Waals surface area contributed by atoms with Crippen molar-refractivity contribution in [3.8, 4) is 0 Å². The third-order valence-electron chi connectivity index (χ3n) is 1.60. The average Bonchev–Trinajstić information content (AvgIpc) is 2.02. The summed E-state index contributed by atoms with van der Waals surface area (Å²) in [6.45, 7) is 0. The second-order valence-corrected chi connectivity index (χ2v) is 2.79. The monoisotopic (exact) mass is 182 g/mol. The number of carboxylic acids is 1. The van der Waals surface area contributed by atoms with E-state index in [1.54, 1.807) is 6.08 Å². The summed E-state index contributed by atoms with van der Waals surface area (Å²) in [6.07, 6.45) is 6.70. The topological polar surface area (TPSA) is 77.8 Å². The van der Waals surface area contributed by atoms with E-state index in [0.717, 1.165) is 6.08 Å². The standard InChI is InChI=1S/C9H10O4/c10-8(11)2-1-7-3-5-9(12,13)6-4-7/h1-5,12-13H,6H2,(H,10,11). The Hall–Kier alpha value is -1.39. The van der Waals surface area contributed by atoms with E-state index < -0.39 is 11.8 Å². The molecule has 4 nitrogen and oxygen atoms in total. The molecule has 0 aromatic carbocycles. The molecule has 0 aliphatic heterocycles. The normalized spacial score (nSPS) is 20.3. The van der Waals surface area contributed by atoms with Gasteiger partial charge in [-0.3, -0.25) is 0 Å². The van der Waals surface area contributed by atoms with Crippen LogP contribution in [0.2, 0.25) is 0 Å². The SMILES string of the molecule is O=C(O)C=CC1=CCC(O)(O)C=C1. The van der Waals surface area contributed by atoms with Gasteiger partial charge >= 0.3 is 5.97 Å².